The second-order valence-corrected chi connectivity index (χ2v) is 4.87. The number of halogens is 1. The van der Waals surface area contributed by atoms with Crippen LogP contribution >= 0.6 is 15.9 Å². The van der Waals surface area contributed by atoms with Gasteiger partial charge >= 0.3 is 0 Å². The lowest BCUT2D eigenvalue weighted by atomic mass is 10.4. The van der Waals surface area contributed by atoms with Crippen molar-refractivity contribution in [3.05, 3.63) is 28.8 Å². The quantitative estimate of drug-likeness (QED) is 0.845. The fourth-order valence-corrected chi connectivity index (χ4v) is 2.65. The molecule has 4 nitrogen and oxygen atoms in total. The zero-order chi connectivity index (χ0) is 11.0. The van der Waals surface area contributed by atoms with Crippen molar-refractivity contribution in [2.75, 3.05) is 13.1 Å². The van der Waals surface area contributed by atoms with Crippen molar-refractivity contribution in [1.29, 1.82) is 0 Å². The van der Waals surface area contributed by atoms with Crippen LogP contribution in [0.5, 0.6) is 0 Å². The molecule has 0 atom stereocenters. The molecule has 3 rings (SSSR count). The van der Waals surface area contributed by atoms with E-state index in [1.165, 1.54) is 25.9 Å². The lowest BCUT2D eigenvalue weighted by Crippen LogP contribution is -2.18. The first kappa shape index (κ1) is 10.2. The third-order valence-electron chi connectivity index (χ3n) is 2.98. The summed E-state index contributed by atoms with van der Waals surface area (Å²) in [6.07, 6.45) is 6.37. The summed E-state index contributed by atoms with van der Waals surface area (Å²) in [6.45, 7) is 3.30. The summed E-state index contributed by atoms with van der Waals surface area (Å²) in [5.74, 6) is 0.767. The van der Waals surface area contributed by atoms with E-state index < -0.39 is 0 Å². The second kappa shape index (κ2) is 4.14. The average molecular weight is 281 g/mol. The molecule has 2 aromatic rings. The zero-order valence-corrected chi connectivity index (χ0v) is 10.5. The van der Waals surface area contributed by atoms with Gasteiger partial charge in [0.25, 0.3) is 0 Å². The smallest absolute Gasteiger partial charge is 0.234 e. The Morgan fingerprint density at radius 2 is 2.12 bits per heavy atom. The van der Waals surface area contributed by atoms with E-state index in [9.17, 15) is 0 Å². The highest BCUT2D eigenvalue weighted by molar-refractivity contribution is 9.10. The van der Waals surface area contributed by atoms with Crippen molar-refractivity contribution >= 4 is 21.7 Å². The van der Waals surface area contributed by atoms with Gasteiger partial charge in [-0.3, -0.25) is 9.30 Å². The van der Waals surface area contributed by atoms with Crippen LogP contribution in [0.3, 0.4) is 0 Å². The van der Waals surface area contributed by atoms with Crippen molar-refractivity contribution in [2.24, 2.45) is 0 Å². The van der Waals surface area contributed by atoms with Crippen molar-refractivity contribution in [3.8, 4) is 0 Å². The molecule has 1 aliphatic heterocycles. The number of likely N-dealkylation sites (tertiary alicyclic amines) is 1. The Labute approximate surface area is 102 Å². The first-order chi connectivity index (χ1) is 7.84. The van der Waals surface area contributed by atoms with Gasteiger partial charge in [0.05, 0.1) is 5.69 Å². The minimum Gasteiger partial charge on any atom is -0.297 e. The van der Waals surface area contributed by atoms with Gasteiger partial charge in [0.2, 0.25) is 5.78 Å². The molecule has 0 saturated carbocycles. The third kappa shape index (κ3) is 1.74. The maximum Gasteiger partial charge on any atom is 0.234 e. The number of aromatic nitrogens is 3. The molecule has 3 heterocycles. The lowest BCUT2D eigenvalue weighted by Gasteiger charge is -2.12. The SMILES string of the molecule is Brc1c(CN2CCCC2)nc2ncccn12. The average Bonchev–Trinajstić information content (AvgIpc) is 2.90. The number of rotatable bonds is 2. The fraction of sp³-hybridized carbons (Fsp3) is 0.455. The summed E-state index contributed by atoms with van der Waals surface area (Å²) in [7, 11) is 0. The molecule has 0 N–H and O–H groups in total. The third-order valence-corrected chi connectivity index (χ3v) is 3.82. The van der Waals surface area contributed by atoms with E-state index in [1.54, 1.807) is 6.20 Å². The molecule has 1 saturated heterocycles. The molecule has 0 radical (unpaired) electrons. The summed E-state index contributed by atoms with van der Waals surface area (Å²) in [4.78, 5) is 11.2. The first-order valence-corrected chi connectivity index (χ1v) is 6.34. The summed E-state index contributed by atoms with van der Waals surface area (Å²) in [5, 5.41) is 0. The van der Waals surface area contributed by atoms with Crippen LogP contribution < -0.4 is 0 Å². The lowest BCUT2D eigenvalue weighted by molar-refractivity contribution is 0.327. The van der Waals surface area contributed by atoms with Crippen molar-refractivity contribution in [2.45, 2.75) is 19.4 Å². The standard InChI is InChI=1S/C11H13BrN4/c12-10-9(8-15-5-1-2-6-15)14-11-13-4-3-7-16(10)11/h3-4,7H,1-2,5-6,8H2. The van der Waals surface area contributed by atoms with E-state index in [1.807, 2.05) is 16.7 Å². The minimum atomic E-state index is 0.767. The molecule has 0 aromatic carbocycles. The monoisotopic (exact) mass is 280 g/mol. The van der Waals surface area contributed by atoms with Crippen LogP contribution in [0.25, 0.3) is 5.78 Å². The zero-order valence-electron chi connectivity index (χ0n) is 8.93. The van der Waals surface area contributed by atoms with E-state index >= 15 is 0 Å². The van der Waals surface area contributed by atoms with Crippen LogP contribution in [-0.2, 0) is 6.54 Å². The Bertz CT molecular complexity index is 502. The summed E-state index contributed by atoms with van der Waals surface area (Å²) in [6, 6.07) is 1.92. The number of fused-ring (bicyclic) bond motifs is 1. The molecule has 0 amide bonds. The highest BCUT2D eigenvalue weighted by atomic mass is 79.9. The summed E-state index contributed by atoms with van der Waals surface area (Å²) < 4.78 is 3.01. The van der Waals surface area contributed by atoms with Gasteiger partial charge in [0.1, 0.15) is 4.60 Å². The topological polar surface area (TPSA) is 33.4 Å². The first-order valence-electron chi connectivity index (χ1n) is 5.54. The van der Waals surface area contributed by atoms with E-state index in [-0.39, 0.29) is 0 Å². The van der Waals surface area contributed by atoms with Crippen LogP contribution in [0.1, 0.15) is 18.5 Å². The number of imidazole rings is 1. The van der Waals surface area contributed by atoms with E-state index in [2.05, 4.69) is 30.8 Å². The molecule has 0 spiro atoms. The van der Waals surface area contributed by atoms with Crippen molar-refractivity contribution in [3.63, 3.8) is 0 Å². The predicted octanol–water partition coefficient (Wildman–Crippen LogP) is 2.09. The number of hydrogen-bond acceptors (Lipinski definition) is 3. The summed E-state index contributed by atoms with van der Waals surface area (Å²) in [5.41, 5.74) is 1.08. The van der Waals surface area contributed by atoms with Gasteiger partial charge in [0, 0.05) is 18.9 Å². The number of hydrogen-bond donors (Lipinski definition) is 0. The van der Waals surface area contributed by atoms with E-state index in [4.69, 9.17) is 0 Å². The Hall–Kier alpha value is -0.940. The Kier molecular flexibility index (Phi) is 2.65. The Balaban J connectivity index is 1.94. The van der Waals surface area contributed by atoms with Crippen LogP contribution in [0.2, 0.25) is 0 Å². The molecule has 16 heavy (non-hydrogen) atoms. The van der Waals surface area contributed by atoms with Crippen LogP contribution in [0.15, 0.2) is 23.1 Å². The molecular formula is C11H13BrN4. The normalized spacial score (nSPS) is 17.3. The van der Waals surface area contributed by atoms with Crippen LogP contribution in [0, 0.1) is 0 Å². The fourth-order valence-electron chi connectivity index (χ4n) is 2.16. The molecule has 0 unspecified atom stereocenters. The van der Waals surface area contributed by atoms with Gasteiger partial charge in [-0.2, -0.15) is 0 Å². The molecule has 2 aromatic heterocycles. The largest absolute Gasteiger partial charge is 0.297 e. The van der Waals surface area contributed by atoms with Gasteiger partial charge < -0.3 is 0 Å². The number of nitrogens with zero attached hydrogens (tertiary/aromatic N) is 4. The van der Waals surface area contributed by atoms with Gasteiger partial charge in [-0.05, 0) is 47.9 Å². The molecule has 1 aliphatic rings. The molecule has 5 heteroatoms. The highest BCUT2D eigenvalue weighted by Gasteiger charge is 2.16. The second-order valence-electron chi connectivity index (χ2n) is 4.12. The predicted molar refractivity (Wildman–Crippen MR) is 65.2 cm³/mol. The van der Waals surface area contributed by atoms with Gasteiger partial charge in [-0.1, -0.05) is 0 Å². The minimum absolute atomic E-state index is 0.767. The Morgan fingerprint density at radius 3 is 2.88 bits per heavy atom. The molecule has 0 bridgehead atoms. The molecule has 0 aliphatic carbocycles. The van der Waals surface area contributed by atoms with Crippen molar-refractivity contribution in [1.82, 2.24) is 19.3 Å². The van der Waals surface area contributed by atoms with Crippen LogP contribution in [0.4, 0.5) is 0 Å². The van der Waals surface area contributed by atoms with Gasteiger partial charge in [-0.25, -0.2) is 9.97 Å². The molecule has 1 fully saturated rings. The maximum atomic E-state index is 4.54. The van der Waals surface area contributed by atoms with Crippen molar-refractivity contribution < 1.29 is 0 Å². The van der Waals surface area contributed by atoms with Crippen LogP contribution in [-0.4, -0.2) is 32.4 Å². The van der Waals surface area contributed by atoms with E-state index in [0.29, 0.717) is 0 Å². The van der Waals surface area contributed by atoms with E-state index in [0.717, 1.165) is 22.6 Å². The molecular weight excluding hydrogens is 268 g/mol. The summed E-state index contributed by atoms with van der Waals surface area (Å²) >= 11 is 3.59. The van der Waals surface area contributed by atoms with Gasteiger partial charge in [0.15, 0.2) is 0 Å². The highest BCUT2D eigenvalue weighted by Crippen LogP contribution is 2.20. The van der Waals surface area contributed by atoms with Gasteiger partial charge in [-0.15, -0.1) is 0 Å². The maximum absolute atomic E-state index is 4.54. The Morgan fingerprint density at radius 1 is 1.31 bits per heavy atom. The molecule has 84 valence electrons.